The summed E-state index contributed by atoms with van der Waals surface area (Å²) in [6.07, 6.45) is 0.397. The van der Waals surface area contributed by atoms with Gasteiger partial charge in [0.2, 0.25) is 5.91 Å². The number of fused-ring (bicyclic) bond motifs is 2. The van der Waals surface area contributed by atoms with Gasteiger partial charge in [0.15, 0.2) is 5.16 Å². The summed E-state index contributed by atoms with van der Waals surface area (Å²) in [6.45, 7) is -0.0580. The summed E-state index contributed by atoms with van der Waals surface area (Å²) >= 11 is 1.23. The molecule has 9 nitrogen and oxygen atoms in total. The number of hydrogen-bond acceptors (Lipinski definition) is 7. The molecule has 164 valence electrons. The maximum atomic E-state index is 13.0. The van der Waals surface area contributed by atoms with Crippen LogP contribution in [0, 0.1) is 0 Å². The zero-order valence-electron chi connectivity index (χ0n) is 17.1. The van der Waals surface area contributed by atoms with Crippen LogP contribution in [0.1, 0.15) is 12.2 Å². The second-order valence-corrected chi connectivity index (χ2v) is 8.08. The number of para-hydroxylation sites is 2. The number of carbonyl (C=O) groups is 1. The summed E-state index contributed by atoms with van der Waals surface area (Å²) < 4.78 is 2.77. The highest BCUT2D eigenvalue weighted by Gasteiger charge is 2.16. The number of primary amides is 1. The van der Waals surface area contributed by atoms with Gasteiger partial charge in [0.25, 0.3) is 11.1 Å². The van der Waals surface area contributed by atoms with Crippen molar-refractivity contribution in [2.45, 2.75) is 30.4 Å². The van der Waals surface area contributed by atoms with Gasteiger partial charge in [-0.3, -0.25) is 23.5 Å². The Bertz CT molecular complexity index is 1430. The van der Waals surface area contributed by atoms with Gasteiger partial charge in [0.1, 0.15) is 12.4 Å². The molecule has 0 radical (unpaired) electrons. The van der Waals surface area contributed by atoms with Gasteiger partial charge in [-0.15, -0.1) is 0 Å². The van der Waals surface area contributed by atoms with Crippen LogP contribution in [0.15, 0.2) is 63.3 Å². The van der Waals surface area contributed by atoms with Crippen LogP contribution in [-0.2, 0) is 23.6 Å². The molecule has 0 spiro atoms. The van der Waals surface area contributed by atoms with E-state index in [0.717, 1.165) is 0 Å². The molecule has 0 bridgehead atoms. The topological polar surface area (TPSA) is 133 Å². The van der Waals surface area contributed by atoms with E-state index in [1.54, 1.807) is 48.5 Å². The Morgan fingerprint density at radius 2 is 1.53 bits per heavy atom. The van der Waals surface area contributed by atoms with Crippen molar-refractivity contribution in [1.82, 2.24) is 19.1 Å². The first kappa shape index (κ1) is 21.7. The Balaban J connectivity index is 1.78. The normalized spacial score (nSPS) is 11.3. The minimum Gasteiger partial charge on any atom is -0.396 e. The van der Waals surface area contributed by atoms with Crippen molar-refractivity contribution in [2.24, 2.45) is 5.73 Å². The summed E-state index contributed by atoms with van der Waals surface area (Å²) in [5.74, 6) is -0.107. The maximum absolute atomic E-state index is 13.0. The lowest BCUT2D eigenvalue weighted by atomic mass is 10.2. The second-order valence-electron chi connectivity index (χ2n) is 7.14. The van der Waals surface area contributed by atoms with E-state index < -0.39 is 5.91 Å². The molecule has 0 fully saturated rings. The highest BCUT2D eigenvalue weighted by Crippen LogP contribution is 2.22. The van der Waals surface area contributed by atoms with E-state index >= 15 is 0 Å². The van der Waals surface area contributed by atoms with Gasteiger partial charge in [0.05, 0.1) is 27.6 Å². The fraction of sp³-hybridized carbons (Fsp3) is 0.227. The fourth-order valence-electron chi connectivity index (χ4n) is 3.46. The lowest BCUT2D eigenvalue weighted by Crippen LogP contribution is -2.31. The Morgan fingerprint density at radius 1 is 0.938 bits per heavy atom. The quantitative estimate of drug-likeness (QED) is 0.304. The minimum atomic E-state index is -0.654. The molecule has 2 aromatic heterocycles. The lowest BCUT2D eigenvalue weighted by molar-refractivity contribution is -0.118. The van der Waals surface area contributed by atoms with E-state index in [2.05, 4.69) is 9.97 Å². The number of aliphatic hydroxyl groups excluding tert-OH is 1. The van der Waals surface area contributed by atoms with Crippen LogP contribution < -0.4 is 16.9 Å². The number of benzene rings is 2. The molecule has 0 aliphatic carbocycles. The summed E-state index contributed by atoms with van der Waals surface area (Å²) in [5.41, 5.74) is 5.87. The molecule has 4 aromatic rings. The third kappa shape index (κ3) is 4.27. The van der Waals surface area contributed by atoms with Gasteiger partial charge in [-0.25, -0.2) is 9.97 Å². The minimum absolute atomic E-state index is 0.0617. The molecule has 0 saturated carbocycles. The van der Waals surface area contributed by atoms with E-state index in [0.29, 0.717) is 45.8 Å². The van der Waals surface area contributed by atoms with E-state index in [1.165, 1.54) is 20.9 Å². The van der Waals surface area contributed by atoms with Crippen LogP contribution >= 0.6 is 11.8 Å². The molecule has 4 rings (SSSR count). The maximum Gasteiger partial charge on any atom is 0.262 e. The number of rotatable bonds is 8. The molecule has 0 aliphatic rings. The van der Waals surface area contributed by atoms with Gasteiger partial charge in [-0.2, -0.15) is 0 Å². The average Bonchev–Trinajstić information content (AvgIpc) is 2.79. The molecule has 10 heteroatoms. The molecule has 0 atom stereocenters. The molecule has 0 saturated heterocycles. The number of amides is 1. The van der Waals surface area contributed by atoms with Crippen LogP contribution in [0.25, 0.3) is 21.8 Å². The number of thioether (sulfide) groups is 1. The Kier molecular flexibility index (Phi) is 6.33. The van der Waals surface area contributed by atoms with Crippen LogP contribution in [0.4, 0.5) is 0 Å². The Labute approximate surface area is 186 Å². The number of carbonyl (C=O) groups excluding carboxylic acids is 1. The van der Waals surface area contributed by atoms with Crippen LogP contribution in [0.3, 0.4) is 0 Å². The first-order valence-electron chi connectivity index (χ1n) is 9.99. The predicted octanol–water partition coefficient (Wildman–Crippen LogP) is 1.27. The fourth-order valence-corrected chi connectivity index (χ4v) is 4.43. The van der Waals surface area contributed by atoms with E-state index in [4.69, 9.17) is 5.73 Å². The zero-order chi connectivity index (χ0) is 22.7. The SMILES string of the molecule is NC(=O)Cn1c(CSc2nc3ccccc3c(=O)n2CCCO)nc2ccccc2c1=O. The molecule has 2 heterocycles. The van der Waals surface area contributed by atoms with Crippen LogP contribution in [-0.4, -0.2) is 36.7 Å². The van der Waals surface area contributed by atoms with Crippen LogP contribution in [0.2, 0.25) is 0 Å². The molecule has 1 amide bonds. The van der Waals surface area contributed by atoms with Crippen molar-refractivity contribution in [2.75, 3.05) is 6.61 Å². The Morgan fingerprint density at radius 3 is 2.16 bits per heavy atom. The number of aliphatic hydroxyl groups is 1. The van der Waals surface area contributed by atoms with Crippen molar-refractivity contribution in [1.29, 1.82) is 0 Å². The van der Waals surface area contributed by atoms with Crippen molar-refractivity contribution < 1.29 is 9.90 Å². The summed E-state index contributed by atoms with van der Waals surface area (Å²) in [4.78, 5) is 46.7. The zero-order valence-corrected chi connectivity index (χ0v) is 17.9. The molecular formula is C22H21N5O4S. The first-order valence-corrected chi connectivity index (χ1v) is 11.0. The molecule has 2 aromatic carbocycles. The van der Waals surface area contributed by atoms with Gasteiger partial charge in [-0.1, -0.05) is 36.0 Å². The monoisotopic (exact) mass is 451 g/mol. The second kappa shape index (κ2) is 9.33. The summed E-state index contributed by atoms with van der Waals surface area (Å²) in [7, 11) is 0. The van der Waals surface area contributed by atoms with Crippen molar-refractivity contribution in [3.05, 3.63) is 75.1 Å². The van der Waals surface area contributed by atoms with Crippen molar-refractivity contribution in [3.8, 4) is 0 Å². The third-order valence-corrected chi connectivity index (χ3v) is 5.92. The summed E-state index contributed by atoms with van der Waals surface area (Å²) in [5, 5.41) is 10.6. The van der Waals surface area contributed by atoms with Crippen LogP contribution in [0.5, 0.6) is 0 Å². The Hall–Kier alpha value is -3.50. The smallest absolute Gasteiger partial charge is 0.262 e. The van der Waals surface area contributed by atoms with E-state index in [-0.39, 0.29) is 30.0 Å². The standard InChI is InChI=1S/C22H21N5O4S/c23-18(29)12-27-19(24-16-8-3-1-6-14(16)21(27)31)13-32-22-25-17-9-4-2-7-15(17)20(30)26(22)10-5-11-28/h1-4,6-9,28H,5,10-13H2,(H2,23,29). The van der Waals surface area contributed by atoms with E-state index in [9.17, 15) is 19.5 Å². The molecular weight excluding hydrogens is 430 g/mol. The number of nitrogens with zero attached hydrogens (tertiary/aromatic N) is 4. The number of nitrogens with two attached hydrogens (primary N) is 1. The number of aromatic nitrogens is 4. The third-order valence-electron chi connectivity index (χ3n) is 4.95. The summed E-state index contributed by atoms with van der Waals surface area (Å²) in [6, 6.07) is 13.9. The largest absolute Gasteiger partial charge is 0.396 e. The van der Waals surface area contributed by atoms with Gasteiger partial charge in [-0.05, 0) is 30.7 Å². The average molecular weight is 452 g/mol. The predicted molar refractivity (Wildman–Crippen MR) is 122 cm³/mol. The van der Waals surface area contributed by atoms with Gasteiger partial charge < -0.3 is 10.8 Å². The number of hydrogen-bond donors (Lipinski definition) is 2. The molecule has 32 heavy (non-hydrogen) atoms. The first-order chi connectivity index (χ1) is 15.5. The molecule has 3 N–H and O–H groups in total. The highest BCUT2D eigenvalue weighted by atomic mass is 32.2. The van der Waals surface area contributed by atoms with Crippen molar-refractivity contribution >= 4 is 39.5 Å². The van der Waals surface area contributed by atoms with Gasteiger partial charge >= 0.3 is 0 Å². The van der Waals surface area contributed by atoms with Gasteiger partial charge in [0, 0.05) is 13.2 Å². The molecule has 0 unspecified atom stereocenters. The highest BCUT2D eigenvalue weighted by molar-refractivity contribution is 7.98. The molecule has 0 aliphatic heterocycles. The van der Waals surface area contributed by atoms with Crippen molar-refractivity contribution in [3.63, 3.8) is 0 Å². The van der Waals surface area contributed by atoms with E-state index in [1.807, 2.05) is 0 Å². The lowest BCUT2D eigenvalue weighted by Gasteiger charge is -2.14.